The Morgan fingerprint density at radius 3 is 2.35 bits per heavy atom. The van der Waals surface area contributed by atoms with Crippen LogP contribution in [0.5, 0.6) is 0 Å². The van der Waals surface area contributed by atoms with E-state index in [1.165, 1.54) is 5.56 Å². The zero-order valence-electron chi connectivity index (χ0n) is 10.6. The monoisotopic (exact) mass is 247 g/mol. The molecule has 0 saturated carbocycles. The molecule has 0 aliphatic heterocycles. The molecule has 2 aromatic rings. The van der Waals surface area contributed by atoms with E-state index in [9.17, 15) is 5.11 Å². The molecule has 1 N–H and O–H groups in total. The first-order valence-electron chi connectivity index (χ1n) is 5.66. The second kappa shape index (κ2) is 4.24. The Hall–Kier alpha value is -1.19. The van der Waals surface area contributed by atoms with Crippen LogP contribution < -0.4 is 0 Å². The van der Waals surface area contributed by atoms with Gasteiger partial charge in [0.05, 0.1) is 16.2 Å². The predicted molar refractivity (Wildman–Crippen MR) is 72.3 cm³/mol. The lowest BCUT2D eigenvalue weighted by Crippen LogP contribution is -2.14. The van der Waals surface area contributed by atoms with Crippen molar-refractivity contribution in [3.8, 4) is 10.6 Å². The van der Waals surface area contributed by atoms with Gasteiger partial charge in [-0.15, -0.1) is 11.3 Å². The third kappa shape index (κ3) is 2.40. The molecular weight excluding hydrogens is 230 g/mol. The van der Waals surface area contributed by atoms with Crippen LogP contribution in [-0.2, 0) is 5.60 Å². The highest BCUT2D eigenvalue weighted by atomic mass is 32.1. The highest BCUT2D eigenvalue weighted by Crippen LogP contribution is 2.35. The fourth-order valence-electron chi connectivity index (χ4n) is 1.89. The fourth-order valence-corrected chi connectivity index (χ4v) is 3.05. The van der Waals surface area contributed by atoms with Crippen molar-refractivity contribution >= 4 is 11.3 Å². The summed E-state index contributed by atoms with van der Waals surface area (Å²) in [5.74, 6) is 0. The molecule has 1 aromatic heterocycles. The molecule has 1 aromatic carbocycles. The summed E-state index contributed by atoms with van der Waals surface area (Å²) in [4.78, 5) is 5.51. The largest absolute Gasteiger partial charge is 0.385 e. The number of aliphatic hydroxyl groups is 1. The summed E-state index contributed by atoms with van der Waals surface area (Å²) in [5, 5.41) is 11.1. The Kier molecular flexibility index (Phi) is 3.06. The molecule has 0 atom stereocenters. The molecule has 0 radical (unpaired) electrons. The minimum atomic E-state index is -0.817. The smallest absolute Gasteiger partial charge is 0.124 e. The number of hydrogen-bond donors (Lipinski definition) is 1. The van der Waals surface area contributed by atoms with Crippen molar-refractivity contribution in [2.24, 2.45) is 0 Å². The summed E-state index contributed by atoms with van der Waals surface area (Å²) in [6.07, 6.45) is 0. The van der Waals surface area contributed by atoms with E-state index in [0.717, 1.165) is 21.1 Å². The average molecular weight is 247 g/mol. The van der Waals surface area contributed by atoms with Crippen LogP contribution >= 0.6 is 11.3 Å². The van der Waals surface area contributed by atoms with Gasteiger partial charge >= 0.3 is 0 Å². The van der Waals surface area contributed by atoms with Gasteiger partial charge in [0.1, 0.15) is 5.01 Å². The molecule has 0 saturated heterocycles. The van der Waals surface area contributed by atoms with E-state index >= 15 is 0 Å². The first kappa shape index (κ1) is 12.3. The number of aromatic nitrogens is 1. The van der Waals surface area contributed by atoms with Gasteiger partial charge in [-0.05, 0) is 33.3 Å². The molecule has 0 unspecified atom stereocenters. The Morgan fingerprint density at radius 1 is 1.18 bits per heavy atom. The van der Waals surface area contributed by atoms with Crippen molar-refractivity contribution in [1.82, 2.24) is 4.98 Å². The molecule has 1 heterocycles. The van der Waals surface area contributed by atoms with Crippen molar-refractivity contribution in [2.75, 3.05) is 0 Å². The first-order valence-corrected chi connectivity index (χ1v) is 6.47. The Morgan fingerprint density at radius 2 is 1.82 bits per heavy atom. The molecule has 2 rings (SSSR count). The zero-order valence-corrected chi connectivity index (χ0v) is 11.4. The van der Waals surface area contributed by atoms with Crippen molar-refractivity contribution in [3.63, 3.8) is 0 Å². The van der Waals surface area contributed by atoms with E-state index in [-0.39, 0.29) is 0 Å². The normalized spacial score (nSPS) is 11.8. The maximum absolute atomic E-state index is 10.1. The van der Waals surface area contributed by atoms with Crippen molar-refractivity contribution < 1.29 is 5.11 Å². The van der Waals surface area contributed by atoms with E-state index < -0.39 is 5.60 Å². The molecule has 17 heavy (non-hydrogen) atoms. The summed E-state index contributed by atoms with van der Waals surface area (Å²) in [6, 6.07) is 8.19. The number of hydrogen-bond acceptors (Lipinski definition) is 3. The van der Waals surface area contributed by atoms with Crippen LogP contribution in [0.25, 0.3) is 10.6 Å². The Labute approximate surface area is 106 Å². The van der Waals surface area contributed by atoms with Crippen LogP contribution in [0.2, 0.25) is 0 Å². The van der Waals surface area contributed by atoms with Crippen LogP contribution in [0.4, 0.5) is 0 Å². The fraction of sp³-hybridized carbons (Fsp3) is 0.357. The molecule has 90 valence electrons. The Balaban J connectivity index is 2.53. The highest BCUT2D eigenvalue weighted by molar-refractivity contribution is 7.15. The maximum atomic E-state index is 10.1. The molecule has 2 nitrogen and oxygen atoms in total. The van der Waals surface area contributed by atoms with E-state index in [0.29, 0.717) is 0 Å². The third-order valence-electron chi connectivity index (χ3n) is 2.73. The Bertz CT molecular complexity index is 537. The number of aryl methyl sites for hydroxylation is 2. The minimum Gasteiger partial charge on any atom is -0.385 e. The van der Waals surface area contributed by atoms with Gasteiger partial charge in [-0.2, -0.15) is 0 Å². The lowest BCUT2D eigenvalue weighted by molar-refractivity contribution is 0.0817. The van der Waals surface area contributed by atoms with Gasteiger partial charge in [-0.25, -0.2) is 4.98 Å². The highest BCUT2D eigenvalue weighted by Gasteiger charge is 2.23. The van der Waals surface area contributed by atoms with Gasteiger partial charge in [0.2, 0.25) is 0 Å². The van der Waals surface area contributed by atoms with Gasteiger partial charge in [-0.1, -0.05) is 24.3 Å². The summed E-state index contributed by atoms with van der Waals surface area (Å²) in [6.45, 7) is 7.63. The van der Waals surface area contributed by atoms with E-state index in [1.54, 1.807) is 25.2 Å². The first-order chi connectivity index (χ1) is 7.89. The number of benzene rings is 1. The number of nitrogens with zero attached hydrogens (tertiary/aromatic N) is 1. The molecule has 0 spiro atoms. The lowest BCUT2D eigenvalue weighted by atomic mass is 10.1. The van der Waals surface area contributed by atoms with Crippen LogP contribution in [0, 0.1) is 13.8 Å². The molecule has 0 fully saturated rings. The van der Waals surface area contributed by atoms with Gasteiger partial charge in [0.15, 0.2) is 0 Å². The number of thiazole rings is 1. The topological polar surface area (TPSA) is 33.1 Å². The van der Waals surface area contributed by atoms with Crippen molar-refractivity contribution in [2.45, 2.75) is 33.3 Å². The summed E-state index contributed by atoms with van der Waals surface area (Å²) in [5.41, 5.74) is 2.46. The van der Waals surface area contributed by atoms with Crippen molar-refractivity contribution in [3.05, 3.63) is 40.4 Å². The van der Waals surface area contributed by atoms with E-state index in [4.69, 9.17) is 0 Å². The van der Waals surface area contributed by atoms with Gasteiger partial charge in [-0.3, -0.25) is 0 Å². The molecule has 0 aliphatic carbocycles. The average Bonchev–Trinajstić information content (AvgIpc) is 2.60. The third-order valence-corrected chi connectivity index (χ3v) is 4.23. The molecule has 0 aliphatic rings. The molecule has 0 amide bonds. The quantitative estimate of drug-likeness (QED) is 0.878. The summed E-state index contributed by atoms with van der Waals surface area (Å²) >= 11 is 1.57. The SMILES string of the molecule is Cc1ccccc1-c1nc(C)c(C(C)(C)O)s1. The maximum Gasteiger partial charge on any atom is 0.124 e. The van der Waals surface area contributed by atoms with E-state index in [1.807, 2.05) is 19.1 Å². The van der Waals surface area contributed by atoms with Crippen LogP contribution in [0.15, 0.2) is 24.3 Å². The van der Waals surface area contributed by atoms with Crippen molar-refractivity contribution in [1.29, 1.82) is 0 Å². The lowest BCUT2D eigenvalue weighted by Gasteiger charge is -2.15. The summed E-state index contributed by atoms with van der Waals surface area (Å²) in [7, 11) is 0. The van der Waals surface area contributed by atoms with Crippen LogP contribution in [-0.4, -0.2) is 10.1 Å². The van der Waals surface area contributed by atoms with E-state index in [2.05, 4.69) is 24.0 Å². The minimum absolute atomic E-state index is 0.817. The predicted octanol–water partition coefficient (Wildman–Crippen LogP) is 3.65. The van der Waals surface area contributed by atoms with Gasteiger partial charge < -0.3 is 5.11 Å². The second-order valence-electron chi connectivity index (χ2n) is 4.81. The zero-order chi connectivity index (χ0) is 12.6. The molecule has 3 heteroatoms. The van der Waals surface area contributed by atoms with Crippen LogP contribution in [0.3, 0.4) is 0 Å². The summed E-state index contributed by atoms with van der Waals surface area (Å²) < 4.78 is 0. The molecular formula is C14H17NOS. The molecule has 0 bridgehead atoms. The standard InChI is InChI=1S/C14H17NOS/c1-9-7-5-6-8-11(9)13-15-10(2)12(17-13)14(3,4)16/h5-8,16H,1-4H3. The second-order valence-corrected chi connectivity index (χ2v) is 5.81. The van der Waals surface area contributed by atoms with Gasteiger partial charge in [0, 0.05) is 5.56 Å². The van der Waals surface area contributed by atoms with Crippen LogP contribution in [0.1, 0.15) is 30.0 Å². The number of rotatable bonds is 2. The van der Waals surface area contributed by atoms with Gasteiger partial charge in [0.25, 0.3) is 0 Å².